The average molecular weight is 413 g/mol. The molecule has 3 rings (SSSR count). The van der Waals surface area contributed by atoms with Crippen LogP contribution in [0.15, 0.2) is 24.3 Å². The normalized spacial score (nSPS) is 19.3. The summed E-state index contributed by atoms with van der Waals surface area (Å²) in [4.78, 5) is 31.0. The Morgan fingerprint density at radius 3 is 2.10 bits per heavy atom. The molecular formula is C20H26F3N3O3. The van der Waals surface area contributed by atoms with E-state index in [0.717, 1.165) is 26.2 Å². The monoisotopic (exact) mass is 413 g/mol. The molecule has 6 nitrogen and oxygen atoms in total. The lowest BCUT2D eigenvalue weighted by atomic mass is 9.94. The van der Waals surface area contributed by atoms with Crippen LogP contribution >= 0.6 is 0 Å². The highest BCUT2D eigenvalue weighted by Gasteiger charge is 2.32. The van der Waals surface area contributed by atoms with Crippen molar-refractivity contribution in [1.29, 1.82) is 0 Å². The molecule has 0 aliphatic carbocycles. The average Bonchev–Trinajstić information content (AvgIpc) is 2.68. The molecular weight excluding hydrogens is 387 g/mol. The van der Waals surface area contributed by atoms with E-state index in [1.165, 1.54) is 24.3 Å². The van der Waals surface area contributed by atoms with Crippen molar-refractivity contribution in [2.24, 2.45) is 5.92 Å². The molecule has 2 amide bonds. The van der Waals surface area contributed by atoms with Gasteiger partial charge in [-0.15, -0.1) is 13.2 Å². The summed E-state index contributed by atoms with van der Waals surface area (Å²) in [5.74, 6) is -0.247. The second-order valence-corrected chi connectivity index (χ2v) is 7.65. The van der Waals surface area contributed by atoms with E-state index < -0.39 is 6.36 Å². The quantitative estimate of drug-likeness (QED) is 0.759. The largest absolute Gasteiger partial charge is 0.573 e. The SMILES string of the molecule is CN1CCN(C(=O)C2CCN(C(=O)Cc3ccc(OC(F)(F)F)cc3)CC2)CC1. The number of halogens is 3. The van der Waals surface area contributed by atoms with Gasteiger partial charge in [0, 0.05) is 45.2 Å². The van der Waals surface area contributed by atoms with Gasteiger partial charge < -0.3 is 19.4 Å². The zero-order valence-corrected chi connectivity index (χ0v) is 16.5. The minimum absolute atomic E-state index is 0.0405. The highest BCUT2D eigenvalue weighted by atomic mass is 19.4. The van der Waals surface area contributed by atoms with E-state index in [9.17, 15) is 22.8 Å². The van der Waals surface area contributed by atoms with E-state index in [4.69, 9.17) is 0 Å². The fraction of sp³-hybridized carbons (Fsp3) is 0.600. The van der Waals surface area contributed by atoms with Crippen LogP contribution in [0.3, 0.4) is 0 Å². The highest BCUT2D eigenvalue weighted by molar-refractivity contribution is 5.81. The van der Waals surface area contributed by atoms with Gasteiger partial charge in [0.05, 0.1) is 6.42 Å². The van der Waals surface area contributed by atoms with Crippen molar-refractivity contribution in [2.75, 3.05) is 46.3 Å². The second kappa shape index (κ2) is 9.02. The van der Waals surface area contributed by atoms with Crippen LogP contribution in [0.5, 0.6) is 5.75 Å². The summed E-state index contributed by atoms with van der Waals surface area (Å²) in [6.07, 6.45) is -3.32. The minimum Gasteiger partial charge on any atom is -0.406 e. The number of hydrogen-bond acceptors (Lipinski definition) is 4. The Hall–Kier alpha value is -2.29. The molecule has 9 heteroatoms. The van der Waals surface area contributed by atoms with Crippen LogP contribution in [0, 0.1) is 5.92 Å². The molecule has 2 aliphatic rings. The topological polar surface area (TPSA) is 53.1 Å². The number of rotatable bonds is 4. The lowest BCUT2D eigenvalue weighted by molar-refractivity contribution is -0.274. The number of likely N-dealkylation sites (N-methyl/N-ethyl adjacent to an activating group) is 1. The summed E-state index contributed by atoms with van der Waals surface area (Å²) >= 11 is 0. The number of benzene rings is 1. The molecule has 2 fully saturated rings. The van der Waals surface area contributed by atoms with E-state index in [0.29, 0.717) is 31.5 Å². The summed E-state index contributed by atoms with van der Waals surface area (Å²) < 4.78 is 40.5. The number of amides is 2. The molecule has 0 spiro atoms. The summed E-state index contributed by atoms with van der Waals surface area (Å²) in [5.41, 5.74) is 0.625. The van der Waals surface area contributed by atoms with Crippen LogP contribution in [0.4, 0.5) is 13.2 Å². The van der Waals surface area contributed by atoms with Crippen molar-refractivity contribution in [3.05, 3.63) is 29.8 Å². The van der Waals surface area contributed by atoms with Gasteiger partial charge in [0.15, 0.2) is 0 Å². The van der Waals surface area contributed by atoms with Gasteiger partial charge in [-0.3, -0.25) is 9.59 Å². The number of likely N-dealkylation sites (tertiary alicyclic amines) is 1. The molecule has 0 saturated carbocycles. The number of carbonyl (C=O) groups excluding carboxylic acids is 2. The summed E-state index contributed by atoms with van der Waals surface area (Å²) in [6.45, 7) is 4.33. The van der Waals surface area contributed by atoms with E-state index >= 15 is 0 Å². The Kier molecular flexibility index (Phi) is 6.66. The van der Waals surface area contributed by atoms with Crippen LogP contribution in [0.1, 0.15) is 18.4 Å². The molecule has 0 bridgehead atoms. The molecule has 1 aromatic rings. The summed E-state index contributed by atoms with van der Waals surface area (Å²) in [5, 5.41) is 0. The molecule has 2 saturated heterocycles. The van der Waals surface area contributed by atoms with Gasteiger partial charge in [0.1, 0.15) is 5.75 Å². The number of carbonyl (C=O) groups is 2. The zero-order chi connectivity index (χ0) is 21.0. The molecule has 29 heavy (non-hydrogen) atoms. The van der Waals surface area contributed by atoms with Crippen molar-refractivity contribution >= 4 is 11.8 Å². The standard InChI is InChI=1S/C20H26F3N3O3/c1-24-10-12-26(13-11-24)19(28)16-6-8-25(9-7-16)18(27)14-15-2-4-17(5-3-15)29-20(21,22)23/h2-5,16H,6-14H2,1H3. The molecule has 160 valence electrons. The summed E-state index contributed by atoms with van der Waals surface area (Å²) in [6, 6.07) is 5.33. The first-order chi connectivity index (χ1) is 13.7. The fourth-order valence-electron chi connectivity index (χ4n) is 3.76. The van der Waals surface area contributed by atoms with Gasteiger partial charge in [-0.1, -0.05) is 12.1 Å². The third kappa shape index (κ3) is 6.09. The number of ether oxygens (including phenoxy) is 1. The number of piperazine rings is 1. The molecule has 2 heterocycles. The van der Waals surface area contributed by atoms with Crippen LogP contribution < -0.4 is 4.74 Å². The van der Waals surface area contributed by atoms with Crippen molar-refractivity contribution in [2.45, 2.75) is 25.6 Å². The van der Waals surface area contributed by atoms with E-state index in [2.05, 4.69) is 9.64 Å². The Morgan fingerprint density at radius 2 is 1.55 bits per heavy atom. The third-order valence-electron chi connectivity index (χ3n) is 5.52. The van der Waals surface area contributed by atoms with E-state index in [1.54, 1.807) is 4.90 Å². The number of nitrogens with zero attached hydrogens (tertiary/aromatic N) is 3. The lowest BCUT2D eigenvalue weighted by Crippen LogP contribution is -2.51. The highest BCUT2D eigenvalue weighted by Crippen LogP contribution is 2.24. The number of alkyl halides is 3. The zero-order valence-electron chi connectivity index (χ0n) is 16.5. The summed E-state index contributed by atoms with van der Waals surface area (Å²) in [7, 11) is 2.04. The smallest absolute Gasteiger partial charge is 0.406 e. The van der Waals surface area contributed by atoms with Crippen LogP contribution in [-0.4, -0.2) is 79.2 Å². The van der Waals surface area contributed by atoms with Crippen molar-refractivity contribution in [1.82, 2.24) is 14.7 Å². The Labute approximate surface area is 168 Å². The van der Waals surface area contributed by atoms with E-state index in [-0.39, 0.29) is 29.9 Å². The first-order valence-corrected chi connectivity index (χ1v) is 9.81. The maximum absolute atomic E-state index is 12.7. The van der Waals surface area contributed by atoms with Crippen LogP contribution in [-0.2, 0) is 16.0 Å². The van der Waals surface area contributed by atoms with Crippen molar-refractivity contribution in [3.63, 3.8) is 0 Å². The first-order valence-electron chi connectivity index (χ1n) is 9.81. The van der Waals surface area contributed by atoms with Crippen molar-refractivity contribution < 1.29 is 27.5 Å². The van der Waals surface area contributed by atoms with Crippen LogP contribution in [0.2, 0.25) is 0 Å². The maximum Gasteiger partial charge on any atom is 0.573 e. The third-order valence-corrected chi connectivity index (χ3v) is 5.52. The fourth-order valence-corrected chi connectivity index (χ4v) is 3.76. The van der Waals surface area contributed by atoms with Crippen LogP contribution in [0.25, 0.3) is 0 Å². The van der Waals surface area contributed by atoms with Gasteiger partial charge in [-0.05, 0) is 37.6 Å². The van der Waals surface area contributed by atoms with Gasteiger partial charge in [-0.2, -0.15) is 0 Å². The molecule has 2 aliphatic heterocycles. The Balaban J connectivity index is 1.45. The molecule has 0 unspecified atom stereocenters. The minimum atomic E-state index is -4.73. The van der Waals surface area contributed by atoms with Gasteiger partial charge in [0.2, 0.25) is 11.8 Å². The maximum atomic E-state index is 12.7. The first kappa shape index (κ1) is 21.4. The van der Waals surface area contributed by atoms with Gasteiger partial charge >= 0.3 is 6.36 Å². The molecule has 0 radical (unpaired) electrons. The number of hydrogen-bond donors (Lipinski definition) is 0. The molecule has 0 aromatic heterocycles. The van der Waals surface area contributed by atoms with Gasteiger partial charge in [-0.25, -0.2) is 0 Å². The number of piperidine rings is 1. The Morgan fingerprint density at radius 1 is 0.966 bits per heavy atom. The molecule has 1 aromatic carbocycles. The van der Waals surface area contributed by atoms with Gasteiger partial charge in [0.25, 0.3) is 0 Å². The Bertz CT molecular complexity index is 708. The molecule has 0 N–H and O–H groups in total. The lowest BCUT2D eigenvalue weighted by Gasteiger charge is -2.37. The second-order valence-electron chi connectivity index (χ2n) is 7.65. The predicted octanol–water partition coefficient (Wildman–Crippen LogP) is 2.14. The van der Waals surface area contributed by atoms with E-state index in [1.807, 2.05) is 11.9 Å². The predicted molar refractivity (Wildman–Crippen MR) is 100 cm³/mol. The van der Waals surface area contributed by atoms with Crippen molar-refractivity contribution in [3.8, 4) is 5.75 Å². The molecule has 0 atom stereocenters.